The fourth-order valence-electron chi connectivity index (χ4n) is 1.42. The molecule has 0 N–H and O–H groups in total. The minimum atomic E-state index is -4.77. The minimum Gasteiger partial charge on any atom is -0.462 e. The van der Waals surface area contributed by atoms with E-state index < -0.39 is 44.3 Å². The summed E-state index contributed by atoms with van der Waals surface area (Å²) in [5.41, 5.74) is -6.85. The molecule has 0 saturated carbocycles. The first-order valence-corrected chi connectivity index (χ1v) is 6.16. The lowest BCUT2D eigenvalue weighted by Gasteiger charge is -2.11. The molecule has 0 fully saturated rings. The van der Waals surface area contributed by atoms with Gasteiger partial charge < -0.3 is 4.74 Å². The zero-order valence-electron chi connectivity index (χ0n) is 10.4. The Balaban J connectivity index is 3.57. The Morgan fingerprint density at radius 3 is 2.57 bits per heavy atom. The molecule has 0 unspecified atom stereocenters. The Morgan fingerprint density at radius 2 is 2.14 bits per heavy atom. The van der Waals surface area contributed by atoms with E-state index in [9.17, 15) is 28.1 Å². The van der Waals surface area contributed by atoms with E-state index in [2.05, 4.69) is 4.74 Å². The molecule has 0 bridgehead atoms. The molecule has 0 spiro atoms. The highest BCUT2D eigenvalue weighted by molar-refractivity contribution is 8.00. The summed E-state index contributed by atoms with van der Waals surface area (Å²) in [6.07, 6.45) is 0. The molecule has 0 saturated heterocycles. The molecule has 10 heteroatoms. The summed E-state index contributed by atoms with van der Waals surface area (Å²) in [6, 6.07) is 3.00. The zero-order valence-corrected chi connectivity index (χ0v) is 11.2. The van der Waals surface area contributed by atoms with Gasteiger partial charge in [0.1, 0.15) is 0 Å². The van der Waals surface area contributed by atoms with E-state index >= 15 is 0 Å². The molecule has 0 aliphatic rings. The third-order valence-electron chi connectivity index (χ3n) is 2.11. The molecule has 0 heterocycles. The number of hydrogen-bond donors (Lipinski definition) is 0. The summed E-state index contributed by atoms with van der Waals surface area (Å²) in [7, 11) is 0. The molecular formula is C11H7F3N2O4S. The Labute approximate surface area is 120 Å². The van der Waals surface area contributed by atoms with Crippen LogP contribution in [0.1, 0.15) is 22.8 Å². The van der Waals surface area contributed by atoms with Gasteiger partial charge in [0.05, 0.1) is 23.2 Å². The van der Waals surface area contributed by atoms with Crippen LogP contribution in [0.2, 0.25) is 0 Å². The fourth-order valence-corrected chi connectivity index (χ4v) is 2.15. The molecule has 0 radical (unpaired) electrons. The SMILES string of the molecule is CCOC(=O)c1c(SC(F)(F)F)cc(C#N)cc1[N+](=O)[O-]. The van der Waals surface area contributed by atoms with E-state index in [4.69, 9.17) is 5.26 Å². The first-order chi connectivity index (χ1) is 9.69. The maximum absolute atomic E-state index is 12.5. The first-order valence-electron chi connectivity index (χ1n) is 5.35. The highest BCUT2D eigenvalue weighted by Crippen LogP contribution is 2.41. The van der Waals surface area contributed by atoms with Crippen molar-refractivity contribution in [1.29, 1.82) is 5.26 Å². The number of hydrogen-bond acceptors (Lipinski definition) is 6. The Kier molecular flexibility index (Phi) is 5.15. The second kappa shape index (κ2) is 6.45. The van der Waals surface area contributed by atoms with Gasteiger partial charge in [0, 0.05) is 11.0 Å². The van der Waals surface area contributed by atoms with Crippen molar-refractivity contribution >= 4 is 23.4 Å². The van der Waals surface area contributed by atoms with Crippen LogP contribution in [0.3, 0.4) is 0 Å². The van der Waals surface area contributed by atoms with Crippen LogP contribution in [-0.4, -0.2) is 23.0 Å². The number of benzene rings is 1. The monoisotopic (exact) mass is 320 g/mol. The van der Waals surface area contributed by atoms with Gasteiger partial charge in [-0.25, -0.2) is 4.79 Å². The number of thioether (sulfide) groups is 1. The molecule has 1 rings (SSSR count). The summed E-state index contributed by atoms with van der Waals surface area (Å²) in [5, 5.41) is 19.6. The van der Waals surface area contributed by atoms with Crippen LogP contribution < -0.4 is 0 Å². The summed E-state index contributed by atoms with van der Waals surface area (Å²) in [5.74, 6) is -1.25. The van der Waals surface area contributed by atoms with Crippen LogP contribution >= 0.6 is 11.8 Å². The lowest BCUT2D eigenvalue weighted by atomic mass is 10.1. The molecule has 0 aromatic heterocycles. The van der Waals surface area contributed by atoms with Crippen LogP contribution in [0.5, 0.6) is 0 Å². The number of nitriles is 1. The van der Waals surface area contributed by atoms with Gasteiger partial charge in [0.2, 0.25) is 0 Å². The number of ether oxygens (including phenoxy) is 1. The maximum atomic E-state index is 12.5. The molecule has 6 nitrogen and oxygen atoms in total. The number of carbonyl (C=O) groups excluding carboxylic acids is 1. The number of alkyl halides is 3. The van der Waals surface area contributed by atoms with Crippen molar-refractivity contribution in [3.63, 3.8) is 0 Å². The molecule has 0 aliphatic heterocycles. The number of esters is 1. The van der Waals surface area contributed by atoms with E-state index in [1.807, 2.05) is 0 Å². The van der Waals surface area contributed by atoms with Gasteiger partial charge in [-0.1, -0.05) is 0 Å². The van der Waals surface area contributed by atoms with Gasteiger partial charge in [-0.15, -0.1) is 0 Å². The smallest absolute Gasteiger partial charge is 0.446 e. The van der Waals surface area contributed by atoms with Gasteiger partial charge in [0.25, 0.3) is 5.69 Å². The molecule has 1 aromatic carbocycles. The van der Waals surface area contributed by atoms with E-state index in [-0.39, 0.29) is 12.2 Å². The number of nitro benzene ring substituents is 1. The van der Waals surface area contributed by atoms with Crippen LogP contribution in [0.4, 0.5) is 18.9 Å². The van der Waals surface area contributed by atoms with E-state index in [1.54, 1.807) is 0 Å². The number of nitro groups is 1. The second-order valence-electron chi connectivity index (χ2n) is 3.51. The molecule has 0 amide bonds. The number of halogens is 3. The lowest BCUT2D eigenvalue weighted by Crippen LogP contribution is -2.12. The van der Waals surface area contributed by atoms with E-state index in [0.29, 0.717) is 0 Å². The van der Waals surface area contributed by atoms with Crippen molar-refractivity contribution in [1.82, 2.24) is 0 Å². The van der Waals surface area contributed by atoms with Gasteiger partial charge >= 0.3 is 11.5 Å². The van der Waals surface area contributed by atoms with Crippen molar-refractivity contribution in [3.8, 4) is 6.07 Å². The van der Waals surface area contributed by atoms with Crippen molar-refractivity contribution < 1.29 is 27.6 Å². The standard InChI is InChI=1S/C11H7F3N2O4S/c1-2-20-10(17)9-7(16(18)19)3-6(5-15)4-8(9)21-11(12,13)14/h3-4H,2H2,1H3. The molecule has 0 aliphatic carbocycles. The summed E-state index contributed by atoms with van der Waals surface area (Å²) >= 11 is -0.714. The average molecular weight is 320 g/mol. The molecule has 112 valence electrons. The van der Waals surface area contributed by atoms with Crippen molar-refractivity contribution in [2.45, 2.75) is 17.3 Å². The Bertz CT molecular complexity index is 625. The topological polar surface area (TPSA) is 93.2 Å². The van der Waals surface area contributed by atoms with Crippen LogP contribution in [0.25, 0.3) is 0 Å². The number of rotatable bonds is 4. The Morgan fingerprint density at radius 1 is 1.52 bits per heavy atom. The van der Waals surface area contributed by atoms with Gasteiger partial charge in [-0.3, -0.25) is 10.1 Å². The van der Waals surface area contributed by atoms with Crippen LogP contribution in [-0.2, 0) is 4.74 Å². The second-order valence-corrected chi connectivity index (χ2v) is 4.61. The van der Waals surface area contributed by atoms with Crippen LogP contribution in [0.15, 0.2) is 17.0 Å². The van der Waals surface area contributed by atoms with Gasteiger partial charge in [-0.05, 0) is 24.8 Å². The molecule has 1 aromatic rings. The molecular weight excluding hydrogens is 313 g/mol. The van der Waals surface area contributed by atoms with Gasteiger partial charge in [0.15, 0.2) is 5.56 Å². The summed E-state index contributed by atoms with van der Waals surface area (Å²) in [6.45, 7) is 1.25. The largest absolute Gasteiger partial charge is 0.462 e. The number of carbonyl (C=O) groups is 1. The number of nitrogens with zero attached hydrogens (tertiary/aromatic N) is 2. The molecule has 21 heavy (non-hydrogen) atoms. The lowest BCUT2D eigenvalue weighted by molar-refractivity contribution is -0.385. The first kappa shape index (κ1) is 16.8. The Hall–Kier alpha value is -2.28. The van der Waals surface area contributed by atoms with E-state index in [1.165, 1.54) is 13.0 Å². The maximum Gasteiger partial charge on any atom is 0.446 e. The van der Waals surface area contributed by atoms with Gasteiger partial charge in [-0.2, -0.15) is 18.4 Å². The normalized spacial score (nSPS) is 10.8. The van der Waals surface area contributed by atoms with Crippen molar-refractivity contribution in [2.75, 3.05) is 6.61 Å². The third-order valence-corrected chi connectivity index (χ3v) is 2.89. The third kappa shape index (κ3) is 4.35. The average Bonchev–Trinajstić information content (AvgIpc) is 2.35. The summed E-state index contributed by atoms with van der Waals surface area (Å²) in [4.78, 5) is 20.8. The summed E-state index contributed by atoms with van der Waals surface area (Å²) < 4.78 is 42.0. The minimum absolute atomic E-state index is 0.161. The van der Waals surface area contributed by atoms with Crippen molar-refractivity contribution in [3.05, 3.63) is 33.4 Å². The highest BCUT2D eigenvalue weighted by atomic mass is 32.2. The fraction of sp³-hybridized carbons (Fsp3) is 0.273. The van der Waals surface area contributed by atoms with Crippen LogP contribution in [0, 0.1) is 21.4 Å². The predicted molar refractivity (Wildman–Crippen MR) is 65.7 cm³/mol. The highest BCUT2D eigenvalue weighted by Gasteiger charge is 2.35. The zero-order chi connectivity index (χ0) is 16.2. The van der Waals surface area contributed by atoms with Crippen molar-refractivity contribution in [2.24, 2.45) is 0 Å². The molecule has 0 atom stereocenters. The predicted octanol–water partition coefficient (Wildman–Crippen LogP) is 3.26. The van der Waals surface area contributed by atoms with E-state index in [0.717, 1.165) is 12.1 Å². The quantitative estimate of drug-likeness (QED) is 0.366.